The first-order chi connectivity index (χ1) is 9.11. The Morgan fingerprint density at radius 3 is 1.95 bits per heavy atom. The Balaban J connectivity index is 3.52. The average molecular weight is 270 g/mol. The van der Waals surface area contributed by atoms with Gasteiger partial charge in [-0.05, 0) is 18.8 Å². The van der Waals surface area contributed by atoms with Crippen LogP contribution >= 0.6 is 0 Å². The molecule has 0 fully saturated rings. The fourth-order valence-electron chi connectivity index (χ4n) is 2.69. The molecule has 0 radical (unpaired) electrons. The normalized spacial score (nSPS) is 14.3. The lowest BCUT2D eigenvalue weighted by Gasteiger charge is -2.13. The second-order valence-electron chi connectivity index (χ2n) is 6.06. The summed E-state index contributed by atoms with van der Waals surface area (Å²) in [7, 11) is 0. The maximum Gasteiger partial charge on any atom is 0.306 e. The maximum absolute atomic E-state index is 11.0. The lowest BCUT2D eigenvalue weighted by molar-refractivity contribution is -0.142. The molecule has 2 nitrogen and oxygen atoms in total. The van der Waals surface area contributed by atoms with Gasteiger partial charge in [0.2, 0.25) is 0 Å². The lowest BCUT2D eigenvalue weighted by Crippen LogP contribution is -2.13. The molecule has 0 aliphatic heterocycles. The van der Waals surface area contributed by atoms with Gasteiger partial charge in [0.15, 0.2) is 0 Å². The van der Waals surface area contributed by atoms with Gasteiger partial charge in [0.25, 0.3) is 0 Å². The third-order valence-electron chi connectivity index (χ3n) is 4.04. The number of hydrogen-bond donors (Lipinski definition) is 1. The molecular formula is C17H34O2. The number of unbranched alkanes of at least 4 members (excludes halogenated alkanes) is 4. The summed E-state index contributed by atoms with van der Waals surface area (Å²) in [6, 6.07) is 0. The van der Waals surface area contributed by atoms with Crippen LogP contribution in [0.5, 0.6) is 0 Å². The van der Waals surface area contributed by atoms with Gasteiger partial charge in [-0.2, -0.15) is 0 Å². The molecule has 0 bridgehead atoms. The Hall–Kier alpha value is -0.530. The van der Waals surface area contributed by atoms with Crippen LogP contribution in [0.15, 0.2) is 0 Å². The molecule has 0 saturated heterocycles. The standard InChI is InChI=1S/C17H34O2/c1-4-6-7-8-12-15(3)13-9-10-14-16(11-5-2)17(18)19/h15-16H,4-14H2,1-3H3,(H,18,19). The molecule has 0 aliphatic carbocycles. The van der Waals surface area contributed by atoms with Gasteiger partial charge in [-0.1, -0.05) is 78.6 Å². The molecular weight excluding hydrogens is 236 g/mol. The number of hydrogen-bond acceptors (Lipinski definition) is 1. The highest BCUT2D eigenvalue weighted by atomic mass is 16.4. The molecule has 0 rings (SSSR count). The van der Waals surface area contributed by atoms with Crippen LogP contribution in [-0.4, -0.2) is 11.1 Å². The van der Waals surface area contributed by atoms with Gasteiger partial charge in [0.1, 0.15) is 0 Å². The van der Waals surface area contributed by atoms with E-state index in [1.807, 2.05) is 0 Å². The first-order valence-electron chi connectivity index (χ1n) is 8.34. The third-order valence-corrected chi connectivity index (χ3v) is 4.04. The molecule has 0 aliphatic rings. The number of rotatable bonds is 13. The minimum Gasteiger partial charge on any atom is -0.481 e. The fraction of sp³-hybridized carbons (Fsp3) is 0.941. The molecule has 2 unspecified atom stereocenters. The Kier molecular flexibility index (Phi) is 12.2. The molecule has 2 atom stereocenters. The van der Waals surface area contributed by atoms with E-state index < -0.39 is 5.97 Å². The van der Waals surface area contributed by atoms with Crippen molar-refractivity contribution in [3.8, 4) is 0 Å². The molecule has 2 heteroatoms. The van der Waals surface area contributed by atoms with Crippen molar-refractivity contribution in [2.24, 2.45) is 11.8 Å². The van der Waals surface area contributed by atoms with E-state index in [-0.39, 0.29) is 5.92 Å². The van der Waals surface area contributed by atoms with Crippen molar-refractivity contribution in [3.63, 3.8) is 0 Å². The highest BCUT2D eigenvalue weighted by molar-refractivity contribution is 5.69. The number of aliphatic carboxylic acids is 1. The van der Waals surface area contributed by atoms with Crippen molar-refractivity contribution in [1.29, 1.82) is 0 Å². The Morgan fingerprint density at radius 2 is 1.42 bits per heavy atom. The monoisotopic (exact) mass is 270 g/mol. The molecule has 0 spiro atoms. The van der Waals surface area contributed by atoms with Crippen LogP contribution in [0, 0.1) is 11.8 Å². The molecule has 0 aromatic rings. The Labute approximate surface area is 120 Å². The predicted molar refractivity (Wildman–Crippen MR) is 82.4 cm³/mol. The first-order valence-corrected chi connectivity index (χ1v) is 8.34. The quantitative estimate of drug-likeness (QED) is 0.439. The van der Waals surface area contributed by atoms with Gasteiger partial charge in [0.05, 0.1) is 5.92 Å². The smallest absolute Gasteiger partial charge is 0.306 e. The van der Waals surface area contributed by atoms with Crippen LogP contribution in [0.4, 0.5) is 0 Å². The molecule has 0 aromatic carbocycles. The Morgan fingerprint density at radius 1 is 0.842 bits per heavy atom. The highest BCUT2D eigenvalue weighted by Gasteiger charge is 2.15. The summed E-state index contributed by atoms with van der Waals surface area (Å²) < 4.78 is 0. The number of carboxylic acids is 1. The van der Waals surface area contributed by atoms with E-state index in [0.29, 0.717) is 0 Å². The van der Waals surface area contributed by atoms with Gasteiger partial charge >= 0.3 is 5.97 Å². The summed E-state index contributed by atoms with van der Waals surface area (Å²) in [6.07, 6.45) is 13.0. The minimum atomic E-state index is -0.602. The first kappa shape index (κ1) is 18.5. The van der Waals surface area contributed by atoms with E-state index in [1.54, 1.807) is 0 Å². The van der Waals surface area contributed by atoms with Gasteiger partial charge in [-0.25, -0.2) is 0 Å². The summed E-state index contributed by atoms with van der Waals surface area (Å²) in [5, 5.41) is 9.08. The van der Waals surface area contributed by atoms with E-state index in [2.05, 4.69) is 20.8 Å². The molecule has 0 amide bonds. The third kappa shape index (κ3) is 11.0. The zero-order valence-corrected chi connectivity index (χ0v) is 13.3. The zero-order valence-electron chi connectivity index (χ0n) is 13.3. The van der Waals surface area contributed by atoms with Gasteiger partial charge in [0, 0.05) is 0 Å². The summed E-state index contributed by atoms with van der Waals surface area (Å²) >= 11 is 0. The lowest BCUT2D eigenvalue weighted by atomic mass is 9.93. The minimum absolute atomic E-state index is 0.107. The van der Waals surface area contributed by atoms with Gasteiger partial charge < -0.3 is 5.11 Å². The predicted octanol–water partition coefficient (Wildman–Crippen LogP) is 5.65. The van der Waals surface area contributed by atoms with Crippen molar-refractivity contribution >= 4 is 5.97 Å². The van der Waals surface area contributed by atoms with Crippen LogP contribution in [0.3, 0.4) is 0 Å². The van der Waals surface area contributed by atoms with Gasteiger partial charge in [-0.15, -0.1) is 0 Å². The molecule has 0 heterocycles. The van der Waals surface area contributed by atoms with Crippen LogP contribution in [0.2, 0.25) is 0 Å². The van der Waals surface area contributed by atoms with E-state index in [4.69, 9.17) is 5.11 Å². The second kappa shape index (κ2) is 12.5. The summed E-state index contributed by atoms with van der Waals surface area (Å²) in [4.78, 5) is 11.0. The van der Waals surface area contributed by atoms with Crippen LogP contribution < -0.4 is 0 Å². The fourth-order valence-corrected chi connectivity index (χ4v) is 2.69. The van der Waals surface area contributed by atoms with Crippen LogP contribution in [0.1, 0.15) is 91.4 Å². The van der Waals surface area contributed by atoms with E-state index >= 15 is 0 Å². The van der Waals surface area contributed by atoms with E-state index in [9.17, 15) is 4.79 Å². The van der Waals surface area contributed by atoms with Crippen LogP contribution in [0.25, 0.3) is 0 Å². The average Bonchev–Trinajstić information content (AvgIpc) is 2.38. The summed E-state index contributed by atoms with van der Waals surface area (Å²) in [5.74, 6) is 0.102. The number of carboxylic acid groups (broad SMARTS) is 1. The molecule has 0 saturated carbocycles. The zero-order chi connectivity index (χ0) is 14.5. The second-order valence-corrected chi connectivity index (χ2v) is 6.06. The summed E-state index contributed by atoms with van der Waals surface area (Å²) in [5.41, 5.74) is 0. The largest absolute Gasteiger partial charge is 0.481 e. The van der Waals surface area contributed by atoms with Crippen LogP contribution in [-0.2, 0) is 4.79 Å². The van der Waals surface area contributed by atoms with Crippen molar-refractivity contribution < 1.29 is 9.90 Å². The highest BCUT2D eigenvalue weighted by Crippen LogP contribution is 2.20. The van der Waals surface area contributed by atoms with Crippen molar-refractivity contribution in [2.45, 2.75) is 91.4 Å². The summed E-state index contributed by atoms with van der Waals surface area (Å²) in [6.45, 7) is 6.65. The van der Waals surface area contributed by atoms with Crippen molar-refractivity contribution in [1.82, 2.24) is 0 Å². The molecule has 114 valence electrons. The Bertz CT molecular complexity index is 213. The SMILES string of the molecule is CCCCCCC(C)CCCCC(CCC)C(=O)O. The van der Waals surface area contributed by atoms with Crippen molar-refractivity contribution in [3.05, 3.63) is 0 Å². The number of carbonyl (C=O) groups is 1. The van der Waals surface area contributed by atoms with E-state index in [0.717, 1.165) is 31.6 Å². The molecule has 1 N–H and O–H groups in total. The van der Waals surface area contributed by atoms with Gasteiger partial charge in [-0.3, -0.25) is 4.79 Å². The molecule has 19 heavy (non-hydrogen) atoms. The maximum atomic E-state index is 11.0. The topological polar surface area (TPSA) is 37.3 Å². The molecule has 0 aromatic heterocycles. The van der Waals surface area contributed by atoms with Crippen molar-refractivity contribution in [2.75, 3.05) is 0 Å². The van der Waals surface area contributed by atoms with E-state index in [1.165, 1.54) is 44.9 Å².